The first kappa shape index (κ1) is 13.8. The zero-order valence-electron chi connectivity index (χ0n) is 9.62. The Labute approximate surface area is 107 Å². The Bertz CT molecular complexity index is 452. The molecule has 5 nitrogen and oxygen atoms in total. The maximum Gasteiger partial charge on any atom is 0.378 e. The highest BCUT2D eigenvalue weighted by atomic mass is 79.9. The van der Waals surface area contributed by atoms with E-state index in [0.29, 0.717) is 6.61 Å². The highest BCUT2D eigenvalue weighted by Gasteiger charge is 2.21. The lowest BCUT2D eigenvalue weighted by Gasteiger charge is -2.08. The molecule has 17 heavy (non-hydrogen) atoms. The van der Waals surface area contributed by atoms with Gasteiger partial charge in [-0.1, -0.05) is 13.3 Å². The van der Waals surface area contributed by atoms with Crippen LogP contribution in [0, 0.1) is 0 Å². The predicted octanol–water partition coefficient (Wildman–Crippen LogP) is 2.37. The number of rotatable bonds is 5. The van der Waals surface area contributed by atoms with Crippen molar-refractivity contribution in [1.29, 1.82) is 0 Å². The van der Waals surface area contributed by atoms with Crippen LogP contribution >= 0.6 is 15.9 Å². The van der Waals surface area contributed by atoms with Crippen molar-refractivity contribution in [3.63, 3.8) is 0 Å². The first-order chi connectivity index (χ1) is 8.11. The van der Waals surface area contributed by atoms with Gasteiger partial charge in [-0.25, -0.2) is 4.79 Å². The van der Waals surface area contributed by atoms with E-state index in [1.807, 2.05) is 6.92 Å². The van der Waals surface area contributed by atoms with Crippen LogP contribution in [-0.4, -0.2) is 19.7 Å². The van der Waals surface area contributed by atoms with Gasteiger partial charge in [0.15, 0.2) is 0 Å². The summed E-state index contributed by atoms with van der Waals surface area (Å²) in [6.07, 6.45) is 2.85. The average Bonchev–Trinajstić information content (AvgIpc) is 2.34. The van der Waals surface area contributed by atoms with Crippen LogP contribution in [0.3, 0.4) is 0 Å². The van der Waals surface area contributed by atoms with Gasteiger partial charge in [0.05, 0.1) is 13.7 Å². The molecule has 0 N–H and O–H groups in total. The lowest BCUT2D eigenvalue weighted by atomic mass is 10.3. The Morgan fingerprint density at radius 2 is 2.24 bits per heavy atom. The van der Waals surface area contributed by atoms with E-state index in [4.69, 9.17) is 9.15 Å². The smallest absolute Gasteiger partial charge is 0.378 e. The van der Waals surface area contributed by atoms with Crippen molar-refractivity contribution in [2.24, 2.45) is 0 Å². The first-order valence-corrected chi connectivity index (χ1v) is 5.93. The third kappa shape index (κ3) is 3.33. The number of hydrogen-bond donors (Lipinski definition) is 0. The number of hydrogen-bond acceptors (Lipinski definition) is 5. The van der Waals surface area contributed by atoms with E-state index in [9.17, 15) is 9.59 Å². The maximum atomic E-state index is 11.8. The third-order valence-corrected chi connectivity index (χ3v) is 2.57. The molecule has 0 aromatic carbocycles. The fourth-order valence-electron chi connectivity index (χ4n) is 1.11. The summed E-state index contributed by atoms with van der Waals surface area (Å²) >= 11 is 3.02. The molecule has 0 fully saturated rings. The second kappa shape index (κ2) is 6.44. The Morgan fingerprint density at radius 1 is 1.53 bits per heavy atom. The number of methoxy groups -OCH3 is 1. The van der Waals surface area contributed by atoms with Crippen molar-refractivity contribution < 1.29 is 18.7 Å². The Kier molecular flexibility index (Phi) is 5.21. The zero-order chi connectivity index (χ0) is 12.8. The van der Waals surface area contributed by atoms with Gasteiger partial charge in [0, 0.05) is 0 Å². The number of halogens is 1. The molecular weight excluding hydrogens is 292 g/mol. The van der Waals surface area contributed by atoms with E-state index in [1.165, 1.54) is 7.11 Å². The van der Waals surface area contributed by atoms with Crippen LogP contribution in [0.5, 0.6) is 5.75 Å². The topological polar surface area (TPSA) is 65.7 Å². The standard InChI is InChI=1S/C11H13BrO5/c1-3-4-5-16-9-8(13)7(12)6-17-10(9)11(14)15-2/h6H,3-5H2,1-2H3. The van der Waals surface area contributed by atoms with Crippen molar-refractivity contribution in [2.75, 3.05) is 13.7 Å². The molecule has 0 aliphatic rings. The van der Waals surface area contributed by atoms with Crippen LogP contribution in [0.4, 0.5) is 0 Å². The maximum absolute atomic E-state index is 11.8. The molecule has 6 heteroatoms. The third-order valence-electron chi connectivity index (χ3n) is 2.02. The fraction of sp³-hybridized carbons (Fsp3) is 0.455. The van der Waals surface area contributed by atoms with E-state index < -0.39 is 11.4 Å². The molecule has 0 aliphatic carbocycles. The Balaban J connectivity index is 3.08. The van der Waals surface area contributed by atoms with Crippen LogP contribution in [0.25, 0.3) is 0 Å². The van der Waals surface area contributed by atoms with Crippen molar-refractivity contribution in [3.8, 4) is 5.75 Å². The van der Waals surface area contributed by atoms with Gasteiger partial charge in [0.25, 0.3) is 5.76 Å². The van der Waals surface area contributed by atoms with Crippen molar-refractivity contribution >= 4 is 21.9 Å². The summed E-state index contributed by atoms with van der Waals surface area (Å²) in [5, 5.41) is 0. The second-order valence-corrected chi connectivity index (χ2v) is 4.12. The molecular formula is C11H13BrO5. The number of unbranched alkanes of at least 4 members (excludes halogenated alkanes) is 1. The lowest BCUT2D eigenvalue weighted by Crippen LogP contribution is -2.15. The summed E-state index contributed by atoms with van der Waals surface area (Å²) in [4.78, 5) is 23.1. The molecule has 0 radical (unpaired) electrons. The molecule has 0 bridgehead atoms. The minimum atomic E-state index is -0.735. The van der Waals surface area contributed by atoms with E-state index in [1.54, 1.807) is 0 Å². The molecule has 0 saturated carbocycles. The van der Waals surface area contributed by atoms with E-state index in [0.717, 1.165) is 19.1 Å². The van der Waals surface area contributed by atoms with E-state index >= 15 is 0 Å². The van der Waals surface area contributed by atoms with Gasteiger partial charge in [-0.2, -0.15) is 0 Å². The van der Waals surface area contributed by atoms with Crippen molar-refractivity contribution in [2.45, 2.75) is 19.8 Å². The second-order valence-electron chi connectivity index (χ2n) is 3.26. The summed E-state index contributed by atoms with van der Waals surface area (Å²) in [6, 6.07) is 0. The van der Waals surface area contributed by atoms with Gasteiger partial charge < -0.3 is 13.9 Å². The average molecular weight is 305 g/mol. The van der Waals surface area contributed by atoms with E-state index in [-0.39, 0.29) is 16.0 Å². The van der Waals surface area contributed by atoms with Gasteiger partial charge >= 0.3 is 5.97 Å². The van der Waals surface area contributed by atoms with Crippen LogP contribution in [0.15, 0.2) is 19.9 Å². The number of carbonyl (C=O) groups is 1. The van der Waals surface area contributed by atoms with Crippen LogP contribution in [-0.2, 0) is 4.74 Å². The zero-order valence-corrected chi connectivity index (χ0v) is 11.2. The molecule has 1 aromatic rings. The van der Waals surface area contributed by atoms with Crippen LogP contribution < -0.4 is 10.2 Å². The lowest BCUT2D eigenvalue weighted by molar-refractivity contribution is 0.0553. The van der Waals surface area contributed by atoms with E-state index in [2.05, 4.69) is 20.7 Å². The Morgan fingerprint density at radius 3 is 2.82 bits per heavy atom. The molecule has 0 saturated heterocycles. The number of esters is 1. The van der Waals surface area contributed by atoms with Crippen LogP contribution in [0.2, 0.25) is 0 Å². The molecule has 0 aliphatic heterocycles. The highest BCUT2D eigenvalue weighted by Crippen LogP contribution is 2.18. The molecule has 1 heterocycles. The minimum Gasteiger partial charge on any atom is -0.486 e. The molecule has 0 atom stereocenters. The van der Waals surface area contributed by atoms with Gasteiger partial charge in [-0.3, -0.25) is 4.79 Å². The predicted molar refractivity (Wildman–Crippen MR) is 64.4 cm³/mol. The van der Waals surface area contributed by atoms with Crippen LogP contribution in [0.1, 0.15) is 30.3 Å². The summed E-state index contributed by atoms with van der Waals surface area (Å²) in [5.41, 5.74) is -0.423. The first-order valence-electron chi connectivity index (χ1n) is 5.14. The normalized spacial score (nSPS) is 10.1. The summed E-state index contributed by atoms with van der Waals surface area (Å²) in [6.45, 7) is 2.34. The van der Waals surface area contributed by atoms with Crippen molar-refractivity contribution in [1.82, 2.24) is 0 Å². The molecule has 0 spiro atoms. The summed E-state index contributed by atoms with van der Waals surface area (Å²) < 4.78 is 15.0. The monoisotopic (exact) mass is 304 g/mol. The quantitative estimate of drug-likeness (QED) is 0.617. The molecule has 0 unspecified atom stereocenters. The molecule has 0 amide bonds. The van der Waals surface area contributed by atoms with Gasteiger partial charge in [-0.05, 0) is 22.4 Å². The number of carbonyl (C=O) groups excluding carboxylic acids is 1. The van der Waals surface area contributed by atoms with Gasteiger partial charge in [0.2, 0.25) is 11.2 Å². The van der Waals surface area contributed by atoms with Gasteiger partial charge in [0.1, 0.15) is 10.7 Å². The van der Waals surface area contributed by atoms with Gasteiger partial charge in [-0.15, -0.1) is 0 Å². The minimum absolute atomic E-state index is 0.111. The Hall–Kier alpha value is -1.30. The highest BCUT2D eigenvalue weighted by molar-refractivity contribution is 9.10. The molecule has 94 valence electrons. The number of ether oxygens (including phenoxy) is 2. The van der Waals surface area contributed by atoms with Crippen molar-refractivity contribution in [3.05, 3.63) is 26.7 Å². The largest absolute Gasteiger partial charge is 0.486 e. The molecule has 1 aromatic heterocycles. The fourth-order valence-corrected chi connectivity index (χ4v) is 1.39. The summed E-state index contributed by atoms with van der Waals surface area (Å²) in [7, 11) is 1.21. The molecule has 1 rings (SSSR count). The SMILES string of the molecule is CCCCOc1c(C(=O)OC)occ(Br)c1=O. The summed E-state index contributed by atoms with van der Waals surface area (Å²) in [5.74, 6) is -1.06.